The number of halogens is 1. The molecule has 1 aliphatic heterocycles. The molecule has 0 amide bonds. The fourth-order valence-electron chi connectivity index (χ4n) is 3.09. The van der Waals surface area contributed by atoms with Gasteiger partial charge in [0.25, 0.3) is 0 Å². The van der Waals surface area contributed by atoms with E-state index in [2.05, 4.69) is 35.4 Å². The van der Waals surface area contributed by atoms with E-state index in [9.17, 15) is 4.39 Å². The maximum absolute atomic E-state index is 13.7. The van der Waals surface area contributed by atoms with Crippen molar-refractivity contribution in [3.8, 4) is 0 Å². The molecule has 0 unspecified atom stereocenters. The topological polar surface area (TPSA) is 68.7 Å². The molecule has 2 aromatic rings. The molecular formula is C20H28FN7. The molecule has 0 atom stereocenters. The molecule has 28 heavy (non-hydrogen) atoms. The van der Waals surface area contributed by atoms with Crippen molar-refractivity contribution in [3.63, 3.8) is 0 Å². The van der Waals surface area contributed by atoms with Crippen molar-refractivity contribution in [2.24, 2.45) is 4.99 Å². The quantitative estimate of drug-likeness (QED) is 0.556. The predicted octanol–water partition coefficient (Wildman–Crippen LogP) is 1.49. The molecule has 2 N–H and O–H groups in total. The summed E-state index contributed by atoms with van der Waals surface area (Å²) < 4.78 is 13.7. The van der Waals surface area contributed by atoms with Gasteiger partial charge >= 0.3 is 0 Å². The summed E-state index contributed by atoms with van der Waals surface area (Å²) in [6.45, 7) is 8.60. The smallest absolute Gasteiger partial charge is 0.225 e. The summed E-state index contributed by atoms with van der Waals surface area (Å²) >= 11 is 0. The van der Waals surface area contributed by atoms with E-state index in [0.717, 1.165) is 51.8 Å². The number of rotatable bonds is 7. The Morgan fingerprint density at radius 1 is 1.07 bits per heavy atom. The molecule has 0 spiro atoms. The summed E-state index contributed by atoms with van der Waals surface area (Å²) in [5.74, 6) is 1.29. The summed E-state index contributed by atoms with van der Waals surface area (Å²) in [7, 11) is 0. The van der Waals surface area contributed by atoms with Crippen molar-refractivity contribution in [1.82, 2.24) is 25.5 Å². The molecule has 1 saturated heterocycles. The second-order valence-corrected chi connectivity index (χ2v) is 6.59. The fourth-order valence-corrected chi connectivity index (χ4v) is 3.09. The van der Waals surface area contributed by atoms with Gasteiger partial charge in [0.1, 0.15) is 5.82 Å². The molecule has 0 bridgehead atoms. The van der Waals surface area contributed by atoms with Crippen LogP contribution in [0.15, 0.2) is 47.7 Å². The van der Waals surface area contributed by atoms with E-state index >= 15 is 0 Å². The van der Waals surface area contributed by atoms with E-state index in [1.807, 2.05) is 19.1 Å². The van der Waals surface area contributed by atoms with Crippen LogP contribution in [0.4, 0.5) is 10.3 Å². The largest absolute Gasteiger partial charge is 0.357 e. The lowest BCUT2D eigenvalue weighted by atomic mass is 10.2. The average molecular weight is 385 g/mol. The van der Waals surface area contributed by atoms with Gasteiger partial charge in [-0.15, -0.1) is 0 Å². The van der Waals surface area contributed by atoms with Gasteiger partial charge in [0, 0.05) is 63.8 Å². The highest BCUT2D eigenvalue weighted by molar-refractivity contribution is 5.79. The molecule has 1 aromatic carbocycles. The van der Waals surface area contributed by atoms with Crippen LogP contribution in [-0.2, 0) is 6.54 Å². The van der Waals surface area contributed by atoms with Gasteiger partial charge in [0.2, 0.25) is 5.95 Å². The molecule has 1 aliphatic rings. The van der Waals surface area contributed by atoms with Gasteiger partial charge in [-0.25, -0.2) is 19.4 Å². The Labute approximate surface area is 165 Å². The number of nitrogens with zero attached hydrogens (tertiary/aromatic N) is 5. The second kappa shape index (κ2) is 10.6. The lowest BCUT2D eigenvalue weighted by molar-refractivity contribution is 0.260. The minimum atomic E-state index is -0.220. The van der Waals surface area contributed by atoms with Crippen LogP contribution in [0.25, 0.3) is 0 Å². The lowest BCUT2D eigenvalue weighted by Gasteiger charge is -2.34. The molecule has 0 saturated carbocycles. The summed E-state index contributed by atoms with van der Waals surface area (Å²) in [4.78, 5) is 17.7. The van der Waals surface area contributed by atoms with E-state index in [-0.39, 0.29) is 5.82 Å². The zero-order valence-electron chi connectivity index (χ0n) is 16.3. The van der Waals surface area contributed by atoms with E-state index in [1.54, 1.807) is 24.5 Å². The first-order chi connectivity index (χ1) is 13.8. The van der Waals surface area contributed by atoms with E-state index in [4.69, 9.17) is 0 Å². The van der Waals surface area contributed by atoms with Crippen molar-refractivity contribution in [3.05, 3.63) is 54.1 Å². The second-order valence-electron chi connectivity index (χ2n) is 6.59. The van der Waals surface area contributed by atoms with Crippen molar-refractivity contribution in [2.75, 3.05) is 50.7 Å². The van der Waals surface area contributed by atoms with Crippen LogP contribution >= 0.6 is 0 Å². The monoisotopic (exact) mass is 385 g/mol. The van der Waals surface area contributed by atoms with Crippen LogP contribution in [0, 0.1) is 5.82 Å². The zero-order chi connectivity index (χ0) is 19.6. The van der Waals surface area contributed by atoms with Crippen molar-refractivity contribution in [2.45, 2.75) is 13.5 Å². The molecule has 1 aromatic heterocycles. The van der Waals surface area contributed by atoms with Crippen molar-refractivity contribution in [1.29, 1.82) is 0 Å². The third kappa shape index (κ3) is 5.88. The first-order valence-corrected chi connectivity index (χ1v) is 9.76. The summed E-state index contributed by atoms with van der Waals surface area (Å²) in [6.07, 6.45) is 3.56. The van der Waals surface area contributed by atoms with Crippen LogP contribution in [-0.4, -0.2) is 66.6 Å². The van der Waals surface area contributed by atoms with Crippen LogP contribution < -0.4 is 15.5 Å². The Morgan fingerprint density at radius 2 is 1.82 bits per heavy atom. The molecule has 0 radical (unpaired) electrons. The SMILES string of the molecule is CCNC(=NCc1ccccc1F)NCCN1CCN(c2ncccn2)CC1. The highest BCUT2D eigenvalue weighted by Gasteiger charge is 2.18. The molecule has 1 fully saturated rings. The van der Waals surface area contributed by atoms with E-state index in [0.29, 0.717) is 18.1 Å². The normalized spacial score (nSPS) is 15.5. The third-order valence-corrected chi connectivity index (χ3v) is 4.64. The standard InChI is InChI=1S/C20H28FN7/c1-2-22-19(26-16-17-6-3-4-7-18(17)21)23-10-11-27-12-14-28(15-13-27)20-24-8-5-9-25-20/h3-9H,2,10-16H2,1H3,(H2,22,23,26). The minimum absolute atomic E-state index is 0.220. The fraction of sp³-hybridized carbons (Fsp3) is 0.450. The van der Waals surface area contributed by atoms with E-state index < -0.39 is 0 Å². The number of aliphatic imine (C=N–C) groups is 1. The Hall–Kier alpha value is -2.74. The number of aromatic nitrogens is 2. The third-order valence-electron chi connectivity index (χ3n) is 4.64. The molecule has 2 heterocycles. The summed E-state index contributed by atoms with van der Waals surface area (Å²) in [5, 5.41) is 6.55. The first-order valence-electron chi connectivity index (χ1n) is 9.76. The summed E-state index contributed by atoms with van der Waals surface area (Å²) in [5.41, 5.74) is 0.596. The van der Waals surface area contributed by atoms with Gasteiger partial charge in [-0.1, -0.05) is 18.2 Å². The molecule has 7 nitrogen and oxygen atoms in total. The van der Waals surface area contributed by atoms with Crippen LogP contribution in [0.2, 0.25) is 0 Å². The number of hydrogen-bond donors (Lipinski definition) is 2. The van der Waals surface area contributed by atoms with Gasteiger partial charge in [-0.05, 0) is 19.1 Å². The molecule has 3 rings (SSSR count). The number of hydrogen-bond acceptors (Lipinski definition) is 5. The molecule has 150 valence electrons. The van der Waals surface area contributed by atoms with Crippen LogP contribution in [0.1, 0.15) is 12.5 Å². The molecule has 8 heteroatoms. The Balaban J connectivity index is 1.42. The van der Waals surface area contributed by atoms with Gasteiger partial charge in [-0.3, -0.25) is 4.90 Å². The van der Waals surface area contributed by atoms with Crippen molar-refractivity contribution >= 4 is 11.9 Å². The van der Waals surface area contributed by atoms with Crippen LogP contribution in [0.5, 0.6) is 0 Å². The number of nitrogens with one attached hydrogen (secondary N) is 2. The Morgan fingerprint density at radius 3 is 2.54 bits per heavy atom. The van der Waals surface area contributed by atoms with Gasteiger partial charge in [0.05, 0.1) is 6.54 Å². The highest BCUT2D eigenvalue weighted by Crippen LogP contribution is 2.09. The first kappa shape index (κ1) is 20.0. The van der Waals surface area contributed by atoms with Crippen molar-refractivity contribution < 1.29 is 4.39 Å². The minimum Gasteiger partial charge on any atom is -0.357 e. The predicted molar refractivity (Wildman–Crippen MR) is 110 cm³/mol. The average Bonchev–Trinajstić information content (AvgIpc) is 2.74. The number of piperazine rings is 1. The number of guanidine groups is 1. The number of anilines is 1. The highest BCUT2D eigenvalue weighted by atomic mass is 19.1. The maximum Gasteiger partial charge on any atom is 0.225 e. The van der Waals surface area contributed by atoms with Crippen LogP contribution in [0.3, 0.4) is 0 Å². The van der Waals surface area contributed by atoms with Gasteiger partial charge in [-0.2, -0.15) is 0 Å². The Kier molecular flexibility index (Phi) is 7.54. The number of benzene rings is 1. The van der Waals surface area contributed by atoms with Gasteiger partial charge < -0.3 is 15.5 Å². The molecular weight excluding hydrogens is 357 g/mol. The Bertz CT molecular complexity index is 745. The van der Waals surface area contributed by atoms with E-state index in [1.165, 1.54) is 6.07 Å². The zero-order valence-corrected chi connectivity index (χ0v) is 16.3. The van der Waals surface area contributed by atoms with Gasteiger partial charge in [0.15, 0.2) is 5.96 Å². The molecule has 0 aliphatic carbocycles. The summed E-state index contributed by atoms with van der Waals surface area (Å²) in [6, 6.07) is 8.58. The maximum atomic E-state index is 13.7. The lowest BCUT2D eigenvalue weighted by Crippen LogP contribution is -2.49.